The molecule has 0 bridgehead atoms. The van der Waals surface area contributed by atoms with Crippen molar-refractivity contribution in [3.05, 3.63) is 22.4 Å². The first-order valence-corrected chi connectivity index (χ1v) is 3.99. The first-order chi connectivity index (χ1) is 8.89. The zero-order valence-electron chi connectivity index (χ0n) is 8.74. The molecule has 1 rings (SSSR count). The normalized spacial score (nSPS) is 7.50. The number of allylic oxidation sites excluding steroid dienone is 4. The predicted octanol–water partition coefficient (Wildman–Crippen LogP) is -1.01. The van der Waals surface area contributed by atoms with Gasteiger partial charge in [-0.3, -0.25) is 28.8 Å². The fraction of sp³-hybridized carbons (Fsp3) is 0.0909. The van der Waals surface area contributed by atoms with Crippen molar-refractivity contribution < 1.29 is 47.1 Å². The maximum atomic E-state index is 7.50. The number of rotatable bonds is 0. The van der Waals surface area contributed by atoms with Crippen LogP contribution in [0.1, 0.15) is 6.42 Å². The van der Waals surface area contributed by atoms with Gasteiger partial charge >= 0.3 is 47.1 Å². The molecule has 0 atom stereocenters. The van der Waals surface area contributed by atoms with Crippen LogP contribution in [0, 0.1) is 0 Å². The van der Waals surface area contributed by atoms with E-state index in [1.807, 2.05) is 0 Å². The van der Waals surface area contributed by atoms with Gasteiger partial charge in [0.05, 0.1) is 0 Å². The van der Waals surface area contributed by atoms with Gasteiger partial charge < -0.3 is 0 Å². The molecule has 93 valence electrons. The first-order valence-electron chi connectivity index (χ1n) is 3.12. The predicted molar refractivity (Wildman–Crippen MR) is 56.0 cm³/mol. The van der Waals surface area contributed by atoms with E-state index in [4.69, 9.17) is 28.8 Å². The Morgan fingerprint density at radius 1 is 0.722 bits per heavy atom. The van der Waals surface area contributed by atoms with Crippen molar-refractivity contribution >= 4 is 40.7 Å². The molecule has 18 heavy (non-hydrogen) atoms. The molecule has 0 amide bonds. The zero-order chi connectivity index (χ0) is 16.4. The van der Waals surface area contributed by atoms with Crippen LogP contribution < -0.4 is 0 Å². The molecular weight excluding hydrogens is 329 g/mol. The van der Waals surface area contributed by atoms with Gasteiger partial charge in [-0.2, -0.15) is 0 Å². The number of hydrogen-bond acceptors (Lipinski definition) is 6. The molecule has 7 heteroatoms. The summed E-state index contributed by atoms with van der Waals surface area (Å²) in [5.74, 6) is 0. The summed E-state index contributed by atoms with van der Waals surface area (Å²) in [6.07, 6.45) is 7.46. The van der Waals surface area contributed by atoms with Gasteiger partial charge in [0.15, 0.2) is 0 Å². The molecule has 0 N–H and O–H groups in total. The Bertz CT molecular complexity index is 169. The molecule has 1 aliphatic carbocycles. The maximum absolute atomic E-state index is 7.50. The van der Waals surface area contributed by atoms with Crippen molar-refractivity contribution in [2.24, 2.45) is 0 Å². The van der Waals surface area contributed by atoms with Crippen molar-refractivity contribution in [3.63, 3.8) is 0 Å². The van der Waals surface area contributed by atoms with Gasteiger partial charge in [-0.1, -0.05) is 0 Å². The SMILES string of the molecule is [C]=O.[C]=O.[C]=O.[C]=O.[C]=O.[C]=O.[Ru][C]1=CC=CC1. The Kier molecular flexibility index (Phi) is 230. The molecule has 0 saturated carbocycles. The summed E-state index contributed by atoms with van der Waals surface area (Å²) in [7, 11) is 0. The Balaban J connectivity index is -0.0000000262. The molecule has 0 unspecified atom stereocenters. The van der Waals surface area contributed by atoms with Crippen LogP contribution >= 0.6 is 0 Å². The summed E-state index contributed by atoms with van der Waals surface area (Å²) in [6.45, 7) is 27.0. The van der Waals surface area contributed by atoms with Crippen LogP contribution in [-0.2, 0) is 47.1 Å². The number of hydrogen-bond donors (Lipinski definition) is 0. The second-order valence-corrected chi connectivity index (χ2v) is 2.35. The van der Waals surface area contributed by atoms with Crippen molar-refractivity contribution in [1.29, 1.82) is 0 Å². The van der Waals surface area contributed by atoms with E-state index in [9.17, 15) is 0 Å². The van der Waals surface area contributed by atoms with Gasteiger partial charge in [0.25, 0.3) is 40.7 Å². The average Bonchev–Trinajstić information content (AvgIpc) is 3.02. The van der Waals surface area contributed by atoms with Crippen LogP contribution in [0.2, 0.25) is 0 Å². The molecule has 0 heterocycles. The monoisotopic (exact) mass is 335 g/mol. The fourth-order valence-corrected chi connectivity index (χ4v) is 0.788. The minimum absolute atomic E-state index is 1.14. The zero-order valence-corrected chi connectivity index (χ0v) is 10.5. The van der Waals surface area contributed by atoms with Crippen LogP contribution in [0.5, 0.6) is 0 Å². The van der Waals surface area contributed by atoms with Crippen LogP contribution in [0.25, 0.3) is 0 Å². The van der Waals surface area contributed by atoms with E-state index in [-0.39, 0.29) is 0 Å². The van der Waals surface area contributed by atoms with Crippen LogP contribution in [0.15, 0.2) is 22.4 Å². The quantitative estimate of drug-likeness (QED) is 0.526. The molecule has 0 aromatic carbocycles. The summed E-state index contributed by atoms with van der Waals surface area (Å²) in [4.78, 5) is 45.0. The van der Waals surface area contributed by atoms with Gasteiger partial charge in [0.2, 0.25) is 0 Å². The van der Waals surface area contributed by atoms with Crippen molar-refractivity contribution in [3.8, 4) is 0 Å². The fourth-order valence-electron chi connectivity index (χ4n) is 0.416. The molecule has 0 aliphatic heterocycles. The number of carbonyl (C=O) groups excluding carboxylic acids is 6. The Labute approximate surface area is 117 Å². The molecule has 0 aromatic heterocycles. The molecule has 0 fully saturated rings. The summed E-state index contributed by atoms with van der Waals surface area (Å²) >= 11 is 2.59. The van der Waals surface area contributed by atoms with Gasteiger partial charge in [-0.15, -0.1) is 0 Å². The van der Waals surface area contributed by atoms with E-state index in [1.165, 1.54) is 4.17 Å². The van der Waals surface area contributed by atoms with E-state index < -0.39 is 0 Å². The molecule has 0 saturated heterocycles. The standard InChI is InChI=1S/C5H5.6CO.Ru/c1-2-4-5-3-1;6*1-2;/h1-3H,4H2;;;;;;;. The van der Waals surface area contributed by atoms with Gasteiger partial charge in [0, 0.05) is 0 Å². The molecule has 12 radical (unpaired) electrons. The molecule has 1 aliphatic rings. The second kappa shape index (κ2) is 115. The van der Waals surface area contributed by atoms with Gasteiger partial charge in [-0.25, -0.2) is 0 Å². The Morgan fingerprint density at radius 3 is 1.06 bits per heavy atom. The van der Waals surface area contributed by atoms with Gasteiger partial charge in [0.1, 0.15) is 0 Å². The van der Waals surface area contributed by atoms with Crippen LogP contribution in [-0.4, -0.2) is 40.7 Å². The van der Waals surface area contributed by atoms with Crippen molar-refractivity contribution in [2.75, 3.05) is 0 Å². The van der Waals surface area contributed by atoms with Crippen molar-refractivity contribution in [2.45, 2.75) is 6.42 Å². The van der Waals surface area contributed by atoms with Crippen LogP contribution in [0.4, 0.5) is 0 Å². The average molecular weight is 334 g/mol. The summed E-state index contributed by atoms with van der Waals surface area (Å²) in [6, 6.07) is 0. The Morgan fingerprint density at radius 2 is 1.00 bits per heavy atom. The molecular formula is C11H5O6Ru. The summed E-state index contributed by atoms with van der Waals surface area (Å²) in [5.41, 5.74) is 0. The third kappa shape index (κ3) is 92.7. The first kappa shape index (κ1) is 36.0. The van der Waals surface area contributed by atoms with E-state index in [2.05, 4.69) is 77.3 Å². The van der Waals surface area contributed by atoms with E-state index in [1.54, 1.807) is 0 Å². The van der Waals surface area contributed by atoms with Gasteiger partial charge in [-0.05, 0) is 0 Å². The van der Waals surface area contributed by atoms with E-state index in [0.717, 1.165) is 6.42 Å². The molecule has 0 aromatic rings. The summed E-state index contributed by atoms with van der Waals surface area (Å²) in [5, 5.41) is 0. The van der Waals surface area contributed by atoms with E-state index in [0.29, 0.717) is 0 Å². The molecule has 6 nitrogen and oxygen atoms in total. The summed E-state index contributed by atoms with van der Waals surface area (Å²) < 4.78 is 1.40. The Hall–Kier alpha value is -1.88. The third-order valence-electron chi connectivity index (χ3n) is 0.717. The topological polar surface area (TPSA) is 102 Å². The van der Waals surface area contributed by atoms with E-state index >= 15 is 0 Å². The third-order valence-corrected chi connectivity index (χ3v) is 1.36. The minimum atomic E-state index is 1.14. The van der Waals surface area contributed by atoms with Crippen LogP contribution in [0.3, 0.4) is 0 Å². The molecule has 0 spiro atoms. The second-order valence-electron chi connectivity index (χ2n) is 1.23. The van der Waals surface area contributed by atoms with Crippen molar-refractivity contribution in [1.82, 2.24) is 0 Å².